The average molecular weight is 467 g/mol. The van der Waals surface area contributed by atoms with Gasteiger partial charge in [-0.2, -0.15) is 0 Å². The van der Waals surface area contributed by atoms with Gasteiger partial charge in [0.15, 0.2) is 5.96 Å². The zero-order chi connectivity index (χ0) is 17.6. The number of aliphatic imine (C=N–C) groups is 1. The van der Waals surface area contributed by atoms with Gasteiger partial charge in [0, 0.05) is 32.2 Å². The first-order valence-corrected chi connectivity index (χ1v) is 10.2. The summed E-state index contributed by atoms with van der Waals surface area (Å²) in [4.78, 5) is 9.84. The summed E-state index contributed by atoms with van der Waals surface area (Å²) in [6.45, 7) is 17.9. The number of nitrogens with one attached hydrogen (secondary N) is 2. The van der Waals surface area contributed by atoms with Crippen molar-refractivity contribution in [2.45, 2.75) is 65.8 Å². The molecule has 0 aromatic heterocycles. The third-order valence-corrected chi connectivity index (χ3v) is 4.86. The molecule has 0 spiro atoms. The van der Waals surface area contributed by atoms with Crippen LogP contribution in [0, 0.1) is 0 Å². The monoisotopic (exact) mass is 467 g/mol. The van der Waals surface area contributed by atoms with E-state index in [4.69, 9.17) is 4.99 Å². The number of hydrogen-bond acceptors (Lipinski definition) is 3. The molecule has 0 aromatic carbocycles. The van der Waals surface area contributed by atoms with Crippen molar-refractivity contribution in [3.63, 3.8) is 0 Å². The molecule has 1 heterocycles. The summed E-state index contributed by atoms with van der Waals surface area (Å²) in [5.41, 5.74) is 0. The first-order valence-electron chi connectivity index (χ1n) is 10.2. The Morgan fingerprint density at radius 1 is 1.08 bits per heavy atom. The van der Waals surface area contributed by atoms with Gasteiger partial charge in [-0.25, -0.2) is 0 Å². The van der Waals surface area contributed by atoms with Crippen molar-refractivity contribution in [2.24, 2.45) is 4.99 Å². The van der Waals surface area contributed by atoms with Gasteiger partial charge in [0.2, 0.25) is 0 Å². The standard InChI is InChI=1S/C19H41N5.HI/c1-5-14-24-16-11-18(12-17-24)22-19(20-6-2)21-13-9-10-15-23(7-3)8-4;/h18H,5-17H2,1-4H3,(H2,20,21,22);1H. The summed E-state index contributed by atoms with van der Waals surface area (Å²) in [6, 6.07) is 0.576. The molecule has 6 heteroatoms. The Labute approximate surface area is 173 Å². The van der Waals surface area contributed by atoms with E-state index in [0.717, 1.165) is 32.1 Å². The van der Waals surface area contributed by atoms with E-state index >= 15 is 0 Å². The minimum absolute atomic E-state index is 0. The fraction of sp³-hybridized carbons (Fsp3) is 0.947. The first kappa shape index (κ1) is 24.9. The van der Waals surface area contributed by atoms with Crippen molar-refractivity contribution >= 4 is 29.9 Å². The predicted molar refractivity (Wildman–Crippen MR) is 121 cm³/mol. The van der Waals surface area contributed by atoms with Crippen molar-refractivity contribution in [3.8, 4) is 0 Å². The normalized spacial score (nSPS) is 16.8. The number of unbranched alkanes of at least 4 members (excludes halogenated alkanes) is 1. The number of rotatable bonds is 11. The largest absolute Gasteiger partial charge is 0.357 e. The molecular formula is C19H42IN5. The van der Waals surface area contributed by atoms with E-state index in [9.17, 15) is 0 Å². The highest BCUT2D eigenvalue weighted by atomic mass is 127. The van der Waals surface area contributed by atoms with E-state index in [1.165, 1.54) is 58.3 Å². The zero-order valence-corrected chi connectivity index (χ0v) is 19.3. The summed E-state index contributed by atoms with van der Waals surface area (Å²) in [5, 5.41) is 7.05. The SMILES string of the molecule is CCCN1CCC(NC(=NCCCCN(CC)CC)NCC)CC1.I. The summed E-state index contributed by atoms with van der Waals surface area (Å²) in [5.74, 6) is 1.01. The van der Waals surface area contributed by atoms with Crippen molar-refractivity contribution in [2.75, 3.05) is 52.4 Å². The van der Waals surface area contributed by atoms with Gasteiger partial charge in [-0.15, -0.1) is 24.0 Å². The summed E-state index contributed by atoms with van der Waals surface area (Å²) in [6.07, 6.45) is 6.12. The molecule has 0 bridgehead atoms. The van der Waals surface area contributed by atoms with Crippen LogP contribution in [0.3, 0.4) is 0 Å². The molecule has 0 saturated carbocycles. The molecule has 0 aliphatic carbocycles. The highest BCUT2D eigenvalue weighted by Crippen LogP contribution is 2.10. The van der Waals surface area contributed by atoms with E-state index in [2.05, 4.69) is 48.1 Å². The molecule has 1 aliphatic rings. The number of likely N-dealkylation sites (tertiary alicyclic amines) is 1. The van der Waals surface area contributed by atoms with Gasteiger partial charge in [0.1, 0.15) is 0 Å². The van der Waals surface area contributed by atoms with Crippen molar-refractivity contribution in [1.29, 1.82) is 0 Å². The lowest BCUT2D eigenvalue weighted by molar-refractivity contribution is 0.206. The van der Waals surface area contributed by atoms with Crippen LogP contribution in [0.1, 0.15) is 59.8 Å². The smallest absolute Gasteiger partial charge is 0.191 e. The van der Waals surface area contributed by atoms with E-state index < -0.39 is 0 Å². The van der Waals surface area contributed by atoms with Crippen LogP contribution in [0.5, 0.6) is 0 Å². The van der Waals surface area contributed by atoms with Crippen LogP contribution in [0.2, 0.25) is 0 Å². The Morgan fingerprint density at radius 2 is 1.76 bits per heavy atom. The first-order chi connectivity index (χ1) is 11.7. The minimum atomic E-state index is 0. The number of nitrogens with zero attached hydrogens (tertiary/aromatic N) is 3. The lowest BCUT2D eigenvalue weighted by atomic mass is 10.1. The predicted octanol–water partition coefficient (Wildman–Crippen LogP) is 3.16. The van der Waals surface area contributed by atoms with Gasteiger partial charge in [0.05, 0.1) is 0 Å². The number of piperidine rings is 1. The van der Waals surface area contributed by atoms with Gasteiger partial charge in [-0.1, -0.05) is 20.8 Å². The van der Waals surface area contributed by atoms with Crippen molar-refractivity contribution in [3.05, 3.63) is 0 Å². The Morgan fingerprint density at radius 3 is 2.32 bits per heavy atom. The second-order valence-corrected chi connectivity index (χ2v) is 6.75. The number of hydrogen-bond donors (Lipinski definition) is 2. The van der Waals surface area contributed by atoms with Gasteiger partial charge in [-0.05, 0) is 65.2 Å². The lowest BCUT2D eigenvalue weighted by Crippen LogP contribution is -2.48. The van der Waals surface area contributed by atoms with E-state index in [-0.39, 0.29) is 24.0 Å². The Balaban J connectivity index is 0.00000576. The van der Waals surface area contributed by atoms with Crippen LogP contribution in [-0.2, 0) is 0 Å². The molecule has 5 nitrogen and oxygen atoms in total. The molecule has 0 aromatic rings. The molecular weight excluding hydrogens is 425 g/mol. The summed E-state index contributed by atoms with van der Waals surface area (Å²) >= 11 is 0. The molecule has 25 heavy (non-hydrogen) atoms. The van der Waals surface area contributed by atoms with Gasteiger partial charge < -0.3 is 20.4 Å². The Kier molecular flexibility index (Phi) is 16.1. The van der Waals surface area contributed by atoms with E-state index in [1.807, 2.05) is 0 Å². The molecule has 1 rings (SSSR count). The molecule has 2 N–H and O–H groups in total. The van der Waals surface area contributed by atoms with Gasteiger partial charge >= 0.3 is 0 Å². The average Bonchev–Trinajstić information content (AvgIpc) is 2.60. The molecule has 1 aliphatic heterocycles. The van der Waals surface area contributed by atoms with Crippen LogP contribution >= 0.6 is 24.0 Å². The van der Waals surface area contributed by atoms with E-state index in [0.29, 0.717) is 6.04 Å². The van der Waals surface area contributed by atoms with Gasteiger partial charge in [-0.3, -0.25) is 4.99 Å². The number of halogens is 1. The molecule has 0 amide bonds. The second kappa shape index (κ2) is 16.1. The van der Waals surface area contributed by atoms with E-state index in [1.54, 1.807) is 0 Å². The third kappa shape index (κ3) is 11.3. The quantitative estimate of drug-likeness (QED) is 0.212. The molecule has 1 saturated heterocycles. The fourth-order valence-electron chi connectivity index (χ4n) is 3.31. The Bertz CT molecular complexity index is 326. The van der Waals surface area contributed by atoms with Crippen LogP contribution in [-0.4, -0.2) is 74.2 Å². The fourth-order valence-corrected chi connectivity index (χ4v) is 3.31. The maximum Gasteiger partial charge on any atom is 0.191 e. The van der Waals surface area contributed by atoms with Crippen LogP contribution < -0.4 is 10.6 Å². The lowest BCUT2D eigenvalue weighted by Gasteiger charge is -2.32. The zero-order valence-electron chi connectivity index (χ0n) is 17.0. The topological polar surface area (TPSA) is 42.9 Å². The maximum absolute atomic E-state index is 4.77. The summed E-state index contributed by atoms with van der Waals surface area (Å²) < 4.78 is 0. The Hall–Kier alpha value is -0.0800. The van der Waals surface area contributed by atoms with Crippen LogP contribution in [0.15, 0.2) is 4.99 Å². The maximum atomic E-state index is 4.77. The molecule has 0 radical (unpaired) electrons. The highest BCUT2D eigenvalue weighted by Gasteiger charge is 2.19. The van der Waals surface area contributed by atoms with Gasteiger partial charge in [0.25, 0.3) is 0 Å². The second-order valence-electron chi connectivity index (χ2n) is 6.75. The minimum Gasteiger partial charge on any atom is -0.357 e. The van der Waals surface area contributed by atoms with Crippen LogP contribution in [0.25, 0.3) is 0 Å². The molecule has 1 fully saturated rings. The van der Waals surface area contributed by atoms with Crippen LogP contribution in [0.4, 0.5) is 0 Å². The molecule has 150 valence electrons. The van der Waals surface area contributed by atoms with Crippen molar-refractivity contribution < 1.29 is 0 Å². The van der Waals surface area contributed by atoms with Crippen molar-refractivity contribution in [1.82, 2.24) is 20.4 Å². The third-order valence-electron chi connectivity index (χ3n) is 4.86. The summed E-state index contributed by atoms with van der Waals surface area (Å²) in [7, 11) is 0. The molecule has 0 atom stereocenters. The highest BCUT2D eigenvalue weighted by molar-refractivity contribution is 14.0. The number of guanidine groups is 1. The molecule has 0 unspecified atom stereocenters.